The fourth-order valence-corrected chi connectivity index (χ4v) is 2.61. The average molecular weight is 283 g/mol. The van der Waals surface area contributed by atoms with Crippen LogP contribution in [-0.4, -0.2) is 13.2 Å². The molecule has 2 aromatic rings. The Kier molecular flexibility index (Phi) is 4.11. The molecular formula is C18H21NO2. The van der Waals surface area contributed by atoms with Crippen molar-refractivity contribution in [2.75, 3.05) is 13.2 Å². The third-order valence-corrected chi connectivity index (χ3v) is 4.00. The zero-order valence-corrected chi connectivity index (χ0v) is 12.3. The van der Waals surface area contributed by atoms with Gasteiger partial charge in [0.15, 0.2) is 0 Å². The second-order valence-corrected chi connectivity index (χ2v) is 5.44. The normalized spacial score (nSPS) is 17.9. The Balaban J connectivity index is 1.61. The zero-order valence-electron chi connectivity index (χ0n) is 12.3. The molecule has 0 aliphatic carbocycles. The van der Waals surface area contributed by atoms with Crippen molar-refractivity contribution in [1.29, 1.82) is 0 Å². The number of nitrogens with two attached hydrogens (primary N) is 1. The lowest BCUT2D eigenvalue weighted by molar-refractivity contribution is 0.248. The smallest absolute Gasteiger partial charge is 0.123 e. The number of benzene rings is 2. The van der Waals surface area contributed by atoms with Crippen LogP contribution < -0.4 is 15.2 Å². The third kappa shape index (κ3) is 3.03. The molecule has 3 rings (SSSR count). The number of para-hydroxylation sites is 1. The van der Waals surface area contributed by atoms with Gasteiger partial charge in [0.05, 0.1) is 19.1 Å². The molecular weight excluding hydrogens is 262 g/mol. The van der Waals surface area contributed by atoms with E-state index in [2.05, 4.69) is 13.0 Å². The van der Waals surface area contributed by atoms with Gasteiger partial charge in [-0.2, -0.15) is 0 Å². The van der Waals surface area contributed by atoms with Gasteiger partial charge in [0.2, 0.25) is 0 Å². The molecule has 1 aliphatic heterocycles. The standard InChI is InChI=1S/C18H21NO2/c1-2-17(19)13-7-9-15(10-8-13)20-11-14-12-21-18-6-4-3-5-16(14)18/h3-10,14,17H,2,11-12,19H2,1H3/t14?,17-/m1/s1. The van der Waals surface area contributed by atoms with Crippen LogP contribution in [0.25, 0.3) is 0 Å². The van der Waals surface area contributed by atoms with Gasteiger partial charge in [-0.1, -0.05) is 37.3 Å². The van der Waals surface area contributed by atoms with Gasteiger partial charge in [-0.05, 0) is 30.2 Å². The van der Waals surface area contributed by atoms with Crippen LogP contribution in [0, 0.1) is 0 Å². The first-order valence-corrected chi connectivity index (χ1v) is 7.48. The molecule has 0 fully saturated rings. The largest absolute Gasteiger partial charge is 0.493 e. The maximum absolute atomic E-state index is 6.01. The van der Waals surface area contributed by atoms with Crippen LogP contribution >= 0.6 is 0 Å². The van der Waals surface area contributed by atoms with Crippen LogP contribution in [0.1, 0.15) is 36.4 Å². The lowest BCUT2D eigenvalue weighted by atomic mass is 10.0. The predicted molar refractivity (Wildman–Crippen MR) is 83.8 cm³/mol. The van der Waals surface area contributed by atoms with Gasteiger partial charge in [-0.15, -0.1) is 0 Å². The molecule has 110 valence electrons. The summed E-state index contributed by atoms with van der Waals surface area (Å²) in [6, 6.07) is 16.3. The van der Waals surface area contributed by atoms with Gasteiger partial charge >= 0.3 is 0 Å². The van der Waals surface area contributed by atoms with Crippen LogP contribution in [-0.2, 0) is 0 Å². The van der Waals surface area contributed by atoms with Gasteiger partial charge in [0.1, 0.15) is 11.5 Å². The molecule has 3 nitrogen and oxygen atoms in total. The maximum atomic E-state index is 6.01. The topological polar surface area (TPSA) is 44.5 Å². The van der Waals surface area contributed by atoms with E-state index in [0.29, 0.717) is 19.1 Å². The monoisotopic (exact) mass is 283 g/mol. The molecule has 2 aromatic carbocycles. The highest BCUT2D eigenvalue weighted by atomic mass is 16.5. The third-order valence-electron chi connectivity index (χ3n) is 4.00. The van der Waals surface area contributed by atoms with Crippen LogP contribution in [0.15, 0.2) is 48.5 Å². The first-order valence-electron chi connectivity index (χ1n) is 7.48. The molecule has 21 heavy (non-hydrogen) atoms. The minimum absolute atomic E-state index is 0.106. The van der Waals surface area contributed by atoms with E-state index in [-0.39, 0.29) is 6.04 Å². The Morgan fingerprint density at radius 3 is 2.71 bits per heavy atom. The summed E-state index contributed by atoms with van der Waals surface area (Å²) in [6.45, 7) is 3.42. The first-order chi connectivity index (χ1) is 10.3. The SMILES string of the molecule is CC[C@@H](N)c1ccc(OCC2COc3ccccc32)cc1. The molecule has 1 aliphatic rings. The fourth-order valence-electron chi connectivity index (χ4n) is 2.61. The summed E-state index contributed by atoms with van der Waals surface area (Å²) in [6.07, 6.45) is 0.941. The Bertz CT molecular complexity index is 594. The van der Waals surface area contributed by atoms with Crippen molar-refractivity contribution < 1.29 is 9.47 Å². The van der Waals surface area contributed by atoms with Gasteiger partial charge in [0, 0.05) is 11.6 Å². The van der Waals surface area contributed by atoms with Crippen LogP contribution in [0.4, 0.5) is 0 Å². The molecule has 1 unspecified atom stereocenters. The summed E-state index contributed by atoms with van der Waals surface area (Å²) in [5, 5.41) is 0. The summed E-state index contributed by atoms with van der Waals surface area (Å²) in [4.78, 5) is 0. The van der Waals surface area contributed by atoms with E-state index in [1.165, 1.54) is 5.56 Å². The summed E-state index contributed by atoms with van der Waals surface area (Å²) < 4.78 is 11.6. The number of hydrogen-bond donors (Lipinski definition) is 1. The Morgan fingerprint density at radius 2 is 1.95 bits per heavy atom. The Hall–Kier alpha value is -2.00. The molecule has 3 heteroatoms. The number of fused-ring (bicyclic) bond motifs is 1. The molecule has 2 atom stereocenters. The van der Waals surface area contributed by atoms with E-state index >= 15 is 0 Å². The van der Waals surface area contributed by atoms with Crippen molar-refractivity contribution in [3.63, 3.8) is 0 Å². The van der Waals surface area contributed by atoms with Crippen LogP contribution in [0.5, 0.6) is 11.5 Å². The molecule has 0 bridgehead atoms. The maximum Gasteiger partial charge on any atom is 0.123 e. The zero-order chi connectivity index (χ0) is 14.7. The molecule has 0 aromatic heterocycles. The van der Waals surface area contributed by atoms with Crippen molar-refractivity contribution in [2.45, 2.75) is 25.3 Å². The quantitative estimate of drug-likeness (QED) is 0.911. The van der Waals surface area contributed by atoms with E-state index in [9.17, 15) is 0 Å². The lowest BCUT2D eigenvalue weighted by Gasteiger charge is -2.13. The lowest BCUT2D eigenvalue weighted by Crippen LogP contribution is -2.12. The van der Waals surface area contributed by atoms with Gasteiger partial charge in [-0.25, -0.2) is 0 Å². The fraction of sp³-hybridized carbons (Fsp3) is 0.333. The van der Waals surface area contributed by atoms with E-state index in [4.69, 9.17) is 15.2 Å². The van der Waals surface area contributed by atoms with Crippen molar-refractivity contribution in [2.24, 2.45) is 5.73 Å². The molecule has 2 N–H and O–H groups in total. The number of hydrogen-bond acceptors (Lipinski definition) is 3. The van der Waals surface area contributed by atoms with Gasteiger partial charge < -0.3 is 15.2 Å². The molecule has 0 saturated heterocycles. The number of ether oxygens (including phenoxy) is 2. The second-order valence-electron chi connectivity index (χ2n) is 5.44. The minimum atomic E-state index is 0.106. The van der Waals surface area contributed by atoms with Gasteiger partial charge in [0.25, 0.3) is 0 Å². The van der Waals surface area contributed by atoms with E-state index in [1.54, 1.807) is 0 Å². The summed E-state index contributed by atoms with van der Waals surface area (Å²) >= 11 is 0. The van der Waals surface area contributed by atoms with E-state index < -0.39 is 0 Å². The molecule has 0 spiro atoms. The van der Waals surface area contributed by atoms with Gasteiger partial charge in [-0.3, -0.25) is 0 Å². The second kappa shape index (κ2) is 6.19. The molecule has 0 radical (unpaired) electrons. The number of rotatable bonds is 5. The van der Waals surface area contributed by atoms with E-state index in [1.807, 2.05) is 42.5 Å². The average Bonchev–Trinajstić information content (AvgIpc) is 2.96. The molecule has 1 heterocycles. The predicted octanol–water partition coefficient (Wildman–Crippen LogP) is 3.65. The Labute approximate surface area is 125 Å². The van der Waals surface area contributed by atoms with Crippen molar-refractivity contribution >= 4 is 0 Å². The molecule has 0 amide bonds. The minimum Gasteiger partial charge on any atom is -0.493 e. The summed E-state index contributed by atoms with van der Waals surface area (Å²) in [7, 11) is 0. The van der Waals surface area contributed by atoms with Crippen molar-refractivity contribution in [3.05, 3.63) is 59.7 Å². The van der Waals surface area contributed by atoms with E-state index in [0.717, 1.165) is 23.5 Å². The van der Waals surface area contributed by atoms with Crippen molar-refractivity contribution in [3.8, 4) is 11.5 Å². The highest BCUT2D eigenvalue weighted by molar-refractivity contribution is 5.40. The summed E-state index contributed by atoms with van der Waals surface area (Å²) in [5.74, 6) is 2.17. The molecule has 0 saturated carbocycles. The van der Waals surface area contributed by atoms with Crippen molar-refractivity contribution in [1.82, 2.24) is 0 Å². The highest BCUT2D eigenvalue weighted by Crippen LogP contribution is 2.33. The highest BCUT2D eigenvalue weighted by Gasteiger charge is 2.24. The Morgan fingerprint density at radius 1 is 1.19 bits per heavy atom. The van der Waals surface area contributed by atoms with Crippen LogP contribution in [0.3, 0.4) is 0 Å². The first kappa shape index (κ1) is 14.0. The van der Waals surface area contributed by atoms with Crippen LogP contribution in [0.2, 0.25) is 0 Å². The summed E-state index contributed by atoms with van der Waals surface area (Å²) in [5.41, 5.74) is 8.40.